The van der Waals surface area contributed by atoms with E-state index in [1.165, 1.54) is 16.4 Å². The van der Waals surface area contributed by atoms with Crippen LogP contribution in [0.5, 0.6) is 0 Å². The maximum Gasteiger partial charge on any atom is 0.309 e. The van der Waals surface area contributed by atoms with Gasteiger partial charge in [0, 0.05) is 36.9 Å². The predicted molar refractivity (Wildman–Crippen MR) is 171 cm³/mol. The molecule has 0 fully saturated rings. The maximum atomic E-state index is 12.7. The molecule has 11 nitrogen and oxygen atoms in total. The fourth-order valence-corrected chi connectivity index (χ4v) is 4.78. The minimum atomic E-state index is -1.21. The molecule has 1 aliphatic heterocycles. The molecular weight excluding hydrogens is 572 g/mol. The fraction of sp³-hybridized carbons (Fsp3) is 0.677. The van der Waals surface area contributed by atoms with Gasteiger partial charge in [-0.25, -0.2) is 10.1 Å². The number of carbonyl (C=O) groups excluding carboxylic acids is 3. The Labute approximate surface area is 260 Å². The van der Waals surface area contributed by atoms with Crippen LogP contribution in [0.3, 0.4) is 0 Å². The van der Waals surface area contributed by atoms with Crippen molar-refractivity contribution in [2.45, 2.75) is 91.8 Å². The number of nitrogens with zero attached hydrogens (tertiary/aromatic N) is 2. The van der Waals surface area contributed by atoms with Crippen LogP contribution >= 0.6 is 11.3 Å². The molecule has 2 heterocycles. The van der Waals surface area contributed by atoms with Gasteiger partial charge in [0.05, 0.1) is 42.4 Å². The number of aldehydes is 1. The highest BCUT2D eigenvalue weighted by molar-refractivity contribution is 7.11. The number of amidine groups is 1. The van der Waals surface area contributed by atoms with E-state index in [4.69, 9.17) is 20.0 Å². The number of ether oxygens (including phenoxy) is 2. The SMILES string of the molecule is CCCN(OCCCC=O)C(=O)C1=Cc2sccc2N=C(N)C1.CNCC(C)(C)COCC(C)(O)CC(=O)OC(C)(C)C. The average Bonchev–Trinajstić information content (AvgIpc) is 3.22. The van der Waals surface area contributed by atoms with E-state index in [9.17, 15) is 19.5 Å². The molecule has 1 aliphatic rings. The van der Waals surface area contributed by atoms with Crippen molar-refractivity contribution in [3.8, 4) is 0 Å². The van der Waals surface area contributed by atoms with Gasteiger partial charge < -0.3 is 30.4 Å². The number of carbonyl (C=O) groups is 3. The molecule has 43 heavy (non-hydrogen) atoms. The van der Waals surface area contributed by atoms with Crippen molar-refractivity contribution in [1.82, 2.24) is 10.4 Å². The van der Waals surface area contributed by atoms with Gasteiger partial charge in [-0.2, -0.15) is 0 Å². The van der Waals surface area contributed by atoms with Crippen LogP contribution in [0.25, 0.3) is 6.08 Å². The highest BCUT2D eigenvalue weighted by atomic mass is 32.1. The lowest BCUT2D eigenvalue weighted by Crippen LogP contribution is -2.38. The zero-order chi connectivity index (χ0) is 32.7. The van der Waals surface area contributed by atoms with Crippen LogP contribution in [0.1, 0.15) is 85.4 Å². The summed E-state index contributed by atoms with van der Waals surface area (Å²) in [4.78, 5) is 45.6. The van der Waals surface area contributed by atoms with E-state index >= 15 is 0 Å². The van der Waals surface area contributed by atoms with Crippen molar-refractivity contribution >= 4 is 47.1 Å². The van der Waals surface area contributed by atoms with E-state index in [1.54, 1.807) is 27.7 Å². The topological polar surface area (TPSA) is 153 Å². The zero-order valence-electron chi connectivity index (χ0n) is 27.2. The van der Waals surface area contributed by atoms with E-state index in [0.29, 0.717) is 50.4 Å². The molecule has 1 atom stereocenters. The standard InChI is InChI=1S/C16H21N3O3S.C15H31NO4/c1-2-6-19(22-8-4-3-7-20)16(21)12-10-14-13(5-9-23-14)18-15(17)11-12;1-13(2,3)20-12(17)8-15(6,18)11-19-10-14(4,5)9-16-7/h5,7,9-10H,2-4,6,8,11H2,1H3,(H2,17,18);16,18H,8-11H2,1-7H3. The summed E-state index contributed by atoms with van der Waals surface area (Å²) in [5, 5.41) is 16.5. The van der Waals surface area contributed by atoms with Gasteiger partial charge in [0.1, 0.15) is 17.7 Å². The first kappa shape index (κ1) is 38.4. The molecule has 0 aliphatic carbocycles. The molecule has 2 rings (SSSR count). The second-order valence-electron chi connectivity index (χ2n) is 12.6. The third-order valence-corrected chi connectivity index (χ3v) is 6.62. The minimum absolute atomic E-state index is 0.0171. The van der Waals surface area contributed by atoms with E-state index in [0.717, 1.165) is 29.8 Å². The van der Waals surface area contributed by atoms with Crippen molar-refractivity contribution in [2.24, 2.45) is 16.1 Å². The molecule has 0 aromatic carbocycles. The van der Waals surface area contributed by atoms with E-state index in [-0.39, 0.29) is 24.3 Å². The lowest BCUT2D eigenvalue weighted by Gasteiger charge is -2.28. The first-order valence-corrected chi connectivity index (χ1v) is 15.6. The van der Waals surface area contributed by atoms with Crippen LogP contribution in [0.15, 0.2) is 22.0 Å². The van der Waals surface area contributed by atoms with Gasteiger partial charge in [0.25, 0.3) is 5.91 Å². The van der Waals surface area contributed by atoms with Crippen LogP contribution < -0.4 is 11.1 Å². The van der Waals surface area contributed by atoms with Gasteiger partial charge in [-0.15, -0.1) is 11.3 Å². The lowest BCUT2D eigenvalue weighted by atomic mass is 9.95. The quantitative estimate of drug-likeness (QED) is 0.105. The number of esters is 1. The fourth-order valence-electron chi connectivity index (χ4n) is 4.00. The number of aliphatic imine (C=N–C) groups is 1. The van der Waals surface area contributed by atoms with Gasteiger partial charge in [0.15, 0.2) is 0 Å². The number of fused-ring (bicyclic) bond motifs is 1. The summed E-state index contributed by atoms with van der Waals surface area (Å²) in [6.45, 7) is 15.4. The number of thiophene rings is 1. The molecule has 4 N–H and O–H groups in total. The Kier molecular flexibility index (Phi) is 16.3. The lowest BCUT2D eigenvalue weighted by molar-refractivity contribution is -0.182. The number of hydrogen-bond donors (Lipinski definition) is 3. The third-order valence-electron chi connectivity index (χ3n) is 5.76. The summed E-state index contributed by atoms with van der Waals surface area (Å²) in [6.07, 6.45) is 4.71. The molecule has 1 amide bonds. The second-order valence-corrected chi connectivity index (χ2v) is 13.6. The molecule has 12 heteroatoms. The zero-order valence-corrected chi connectivity index (χ0v) is 28.0. The van der Waals surface area contributed by atoms with Crippen molar-refractivity contribution in [1.29, 1.82) is 0 Å². The first-order valence-electron chi connectivity index (χ1n) is 14.7. The molecule has 0 saturated carbocycles. The number of nitrogens with two attached hydrogens (primary N) is 1. The van der Waals surface area contributed by atoms with Gasteiger partial charge >= 0.3 is 5.97 Å². The molecule has 1 aromatic rings. The predicted octanol–water partition coefficient (Wildman–Crippen LogP) is 4.40. The molecule has 0 bridgehead atoms. The Bertz CT molecular complexity index is 1090. The molecule has 1 unspecified atom stereocenters. The Morgan fingerprint density at radius 3 is 2.51 bits per heavy atom. The number of aliphatic hydroxyl groups is 1. The van der Waals surface area contributed by atoms with Crippen molar-refractivity contribution < 1.29 is 33.8 Å². The van der Waals surface area contributed by atoms with Crippen LogP contribution in [-0.4, -0.2) is 85.3 Å². The van der Waals surface area contributed by atoms with Gasteiger partial charge in [0.2, 0.25) is 0 Å². The molecular formula is C31H52N4O7S. The summed E-state index contributed by atoms with van der Waals surface area (Å²) in [7, 11) is 1.89. The molecule has 1 aromatic heterocycles. The first-order chi connectivity index (χ1) is 20.0. The molecule has 0 saturated heterocycles. The van der Waals surface area contributed by atoms with Crippen molar-refractivity contribution in [3.05, 3.63) is 21.9 Å². The number of hydrogen-bond acceptors (Lipinski definition) is 11. The Morgan fingerprint density at radius 2 is 1.91 bits per heavy atom. The van der Waals surface area contributed by atoms with Crippen LogP contribution in [-0.2, 0) is 28.7 Å². The number of amides is 1. The summed E-state index contributed by atoms with van der Waals surface area (Å²) < 4.78 is 10.7. The number of hydroxylamine groups is 2. The van der Waals surface area contributed by atoms with Gasteiger partial charge in [-0.05, 0) is 65.1 Å². The molecule has 0 spiro atoms. The number of nitrogens with one attached hydrogen (secondary N) is 1. The van der Waals surface area contributed by atoms with Crippen LogP contribution in [0, 0.1) is 5.41 Å². The highest BCUT2D eigenvalue weighted by Crippen LogP contribution is 2.31. The average molecular weight is 625 g/mol. The largest absolute Gasteiger partial charge is 0.460 e. The number of rotatable bonds is 16. The summed E-state index contributed by atoms with van der Waals surface area (Å²) in [5.41, 5.74) is 5.51. The summed E-state index contributed by atoms with van der Waals surface area (Å²) >= 11 is 1.52. The van der Waals surface area contributed by atoms with Crippen LogP contribution in [0.2, 0.25) is 0 Å². The van der Waals surface area contributed by atoms with Crippen molar-refractivity contribution in [3.63, 3.8) is 0 Å². The maximum absolute atomic E-state index is 12.7. The van der Waals surface area contributed by atoms with E-state index in [2.05, 4.69) is 24.2 Å². The Morgan fingerprint density at radius 1 is 1.21 bits per heavy atom. The van der Waals surface area contributed by atoms with Gasteiger partial charge in [-0.1, -0.05) is 20.8 Å². The van der Waals surface area contributed by atoms with Crippen LogP contribution in [0.4, 0.5) is 5.69 Å². The second kappa shape index (κ2) is 18.2. The normalized spacial score (nSPS) is 14.6. The molecule has 244 valence electrons. The third kappa shape index (κ3) is 16.1. The minimum Gasteiger partial charge on any atom is -0.460 e. The Balaban J connectivity index is 0.000000436. The van der Waals surface area contributed by atoms with E-state index < -0.39 is 17.2 Å². The summed E-state index contributed by atoms with van der Waals surface area (Å²) in [5.74, 6) is -0.197. The van der Waals surface area contributed by atoms with E-state index in [1.807, 2.05) is 31.5 Å². The van der Waals surface area contributed by atoms with Gasteiger partial charge in [-0.3, -0.25) is 14.4 Å². The number of unbranched alkanes of at least 4 members (excludes halogenated alkanes) is 1. The smallest absolute Gasteiger partial charge is 0.309 e. The molecule has 0 radical (unpaired) electrons. The monoisotopic (exact) mass is 624 g/mol. The Hall–Kier alpha value is -2.64. The summed E-state index contributed by atoms with van der Waals surface area (Å²) in [6, 6.07) is 1.89. The highest BCUT2D eigenvalue weighted by Gasteiger charge is 2.29. The van der Waals surface area contributed by atoms with Crippen molar-refractivity contribution in [2.75, 3.05) is 40.0 Å².